The fourth-order valence-corrected chi connectivity index (χ4v) is 7.78. The molecule has 1 aliphatic rings. The van der Waals surface area contributed by atoms with Gasteiger partial charge >= 0.3 is 0 Å². The summed E-state index contributed by atoms with van der Waals surface area (Å²) >= 11 is 0. The molecule has 8 aromatic rings. The number of hydrogen-bond donors (Lipinski definition) is 0. The maximum atomic E-state index is 9.16. The van der Waals surface area contributed by atoms with Gasteiger partial charge in [0.25, 0.3) is 0 Å². The fourth-order valence-electron chi connectivity index (χ4n) is 7.78. The van der Waals surface area contributed by atoms with Crippen molar-refractivity contribution in [2.24, 2.45) is 0 Å². The molecule has 0 radical (unpaired) electrons. The minimum atomic E-state index is -0.451. The molecule has 0 aliphatic heterocycles. The van der Waals surface area contributed by atoms with Crippen molar-refractivity contribution in [1.82, 2.24) is 0 Å². The van der Waals surface area contributed by atoms with E-state index >= 15 is 0 Å². The molecule has 0 amide bonds. The van der Waals surface area contributed by atoms with Gasteiger partial charge in [-0.05, 0) is 96.3 Å². The minimum absolute atomic E-state index is 0.116. The Morgan fingerprint density at radius 2 is 1.12 bits per heavy atom. The van der Waals surface area contributed by atoms with Crippen LogP contribution < -0.4 is 4.90 Å². The molecule has 8 aromatic carbocycles. The number of anilines is 3. The third-order valence-corrected chi connectivity index (χ3v) is 9.92. The van der Waals surface area contributed by atoms with Crippen LogP contribution >= 0.6 is 0 Å². The lowest BCUT2D eigenvalue weighted by Gasteiger charge is -2.32. The average molecular weight is 619 g/mol. The second-order valence-electron chi connectivity index (χ2n) is 13.0. The van der Waals surface area contributed by atoms with E-state index in [2.05, 4.69) is 129 Å². The molecule has 1 heteroatoms. The van der Waals surface area contributed by atoms with E-state index in [1.807, 2.05) is 35.2 Å². The van der Waals surface area contributed by atoms with Gasteiger partial charge in [0.1, 0.15) is 0 Å². The predicted octanol–water partition coefficient (Wildman–Crippen LogP) is 13.1. The molecule has 0 fully saturated rings. The first-order valence-electron chi connectivity index (χ1n) is 18.9. The number of rotatable bonds is 5. The summed E-state index contributed by atoms with van der Waals surface area (Å²) in [7, 11) is 0. The first kappa shape index (κ1) is 23.4. The topological polar surface area (TPSA) is 3.24 Å². The van der Waals surface area contributed by atoms with E-state index < -0.39 is 11.5 Å². The van der Waals surface area contributed by atoms with Crippen LogP contribution in [-0.4, -0.2) is 0 Å². The van der Waals surface area contributed by atoms with E-state index in [0.29, 0.717) is 5.69 Å². The lowest BCUT2D eigenvalue weighted by molar-refractivity contribution is 0.661. The highest BCUT2D eigenvalue weighted by Gasteiger charge is 2.39. The molecule has 0 bridgehead atoms. The largest absolute Gasteiger partial charge is 0.310 e. The van der Waals surface area contributed by atoms with Crippen molar-refractivity contribution in [2.75, 3.05) is 4.90 Å². The van der Waals surface area contributed by atoms with Crippen LogP contribution in [0.25, 0.3) is 54.9 Å². The van der Waals surface area contributed by atoms with Crippen LogP contribution in [0.2, 0.25) is 0 Å². The van der Waals surface area contributed by atoms with E-state index in [-0.39, 0.29) is 29.9 Å². The molecule has 0 heterocycles. The zero-order valence-corrected chi connectivity index (χ0v) is 26.8. The number of hydrogen-bond acceptors (Lipinski definition) is 1. The molecule has 1 nitrogen and oxygen atoms in total. The standard InChI is InChI=1S/C47H35N/c1-47(2)42-31-28-33-16-9-10-21-40(33)45(42)41-24-13-25-43(46(41)47)48(36-19-7-4-8-20-36)37-29-26-34(27-30-37)39-23-12-18-35-17-11-22-38(44(35)39)32-14-5-3-6-15-32/h3-31H,1-2H3/i4D,7D,8D,19D,20D. The van der Waals surface area contributed by atoms with Crippen LogP contribution in [0, 0.1) is 0 Å². The van der Waals surface area contributed by atoms with Crippen LogP contribution in [-0.2, 0) is 5.41 Å². The molecule has 48 heavy (non-hydrogen) atoms. The number of para-hydroxylation sites is 1. The molecule has 0 unspecified atom stereocenters. The van der Waals surface area contributed by atoms with Crippen molar-refractivity contribution in [2.45, 2.75) is 19.3 Å². The molecule has 0 N–H and O–H groups in total. The molecule has 9 rings (SSSR count). The lowest BCUT2D eigenvalue weighted by Crippen LogP contribution is -2.20. The van der Waals surface area contributed by atoms with Crippen molar-refractivity contribution in [1.29, 1.82) is 0 Å². The maximum absolute atomic E-state index is 9.16. The second kappa shape index (κ2) is 11.1. The van der Waals surface area contributed by atoms with Gasteiger partial charge in [-0.2, -0.15) is 0 Å². The van der Waals surface area contributed by atoms with Crippen LogP contribution in [0.3, 0.4) is 0 Å². The van der Waals surface area contributed by atoms with Gasteiger partial charge < -0.3 is 4.90 Å². The summed E-state index contributed by atoms with van der Waals surface area (Å²) in [6, 6.07) is 48.6. The SMILES string of the molecule is [2H]c1c([2H])c([2H])c(N(c2ccc(-c3cccc4cccc(-c5ccccc5)c34)cc2)c2cccc3c2C(C)(C)c2ccc4ccccc4c2-3)c([2H])c1[2H]. The Morgan fingerprint density at radius 1 is 0.500 bits per heavy atom. The van der Waals surface area contributed by atoms with E-state index in [0.717, 1.165) is 60.6 Å². The summed E-state index contributed by atoms with van der Waals surface area (Å²) in [5.41, 5.74) is 10.0. The van der Waals surface area contributed by atoms with Crippen LogP contribution in [0.1, 0.15) is 31.8 Å². The molecular formula is C47H35N. The normalized spacial score (nSPS) is 14.4. The van der Waals surface area contributed by atoms with Gasteiger partial charge in [-0.3, -0.25) is 0 Å². The zero-order valence-electron chi connectivity index (χ0n) is 31.8. The molecule has 1 aliphatic carbocycles. The summed E-state index contributed by atoms with van der Waals surface area (Å²) in [5, 5.41) is 4.62. The van der Waals surface area contributed by atoms with Crippen molar-refractivity contribution in [3.8, 4) is 33.4 Å². The predicted molar refractivity (Wildman–Crippen MR) is 205 cm³/mol. The van der Waals surface area contributed by atoms with E-state index in [1.54, 1.807) is 0 Å². The van der Waals surface area contributed by atoms with E-state index in [9.17, 15) is 0 Å². The molecule has 228 valence electrons. The third-order valence-electron chi connectivity index (χ3n) is 9.92. The molecular weight excluding hydrogens is 579 g/mol. The van der Waals surface area contributed by atoms with E-state index in [1.165, 1.54) is 11.1 Å². The van der Waals surface area contributed by atoms with Crippen molar-refractivity contribution < 1.29 is 6.85 Å². The summed E-state index contributed by atoms with van der Waals surface area (Å²) < 4.78 is 44.0. The quantitative estimate of drug-likeness (QED) is 0.185. The molecule has 0 spiro atoms. The van der Waals surface area contributed by atoms with Crippen LogP contribution in [0.4, 0.5) is 17.1 Å². The maximum Gasteiger partial charge on any atom is 0.0645 e. The molecule has 0 saturated heterocycles. The first-order chi connectivity index (χ1) is 25.7. The second-order valence-corrected chi connectivity index (χ2v) is 13.0. The Kier molecular flexibility index (Phi) is 5.42. The van der Waals surface area contributed by atoms with Crippen molar-refractivity contribution in [3.05, 3.63) is 187 Å². The fraction of sp³-hybridized carbons (Fsp3) is 0.0638. The van der Waals surface area contributed by atoms with E-state index in [4.69, 9.17) is 6.85 Å². The monoisotopic (exact) mass is 618 g/mol. The highest BCUT2D eigenvalue weighted by Crippen LogP contribution is 2.56. The number of nitrogens with zero attached hydrogens (tertiary/aromatic N) is 1. The summed E-state index contributed by atoms with van der Waals surface area (Å²) in [4.78, 5) is 1.87. The molecule has 0 aromatic heterocycles. The summed E-state index contributed by atoms with van der Waals surface area (Å²) in [6.45, 7) is 4.42. The Balaban J connectivity index is 1.28. The molecule has 0 atom stereocenters. The van der Waals surface area contributed by atoms with Gasteiger partial charge in [0.2, 0.25) is 0 Å². The van der Waals surface area contributed by atoms with Gasteiger partial charge in [-0.1, -0.05) is 159 Å². The highest BCUT2D eigenvalue weighted by atomic mass is 15.1. The smallest absolute Gasteiger partial charge is 0.0645 e. The lowest BCUT2D eigenvalue weighted by atomic mass is 9.81. The summed E-state index contributed by atoms with van der Waals surface area (Å²) in [6.07, 6.45) is 0. The number of benzene rings is 8. The van der Waals surface area contributed by atoms with Crippen molar-refractivity contribution in [3.63, 3.8) is 0 Å². The van der Waals surface area contributed by atoms with Gasteiger partial charge in [-0.25, -0.2) is 0 Å². The highest BCUT2D eigenvalue weighted by molar-refractivity contribution is 6.07. The third kappa shape index (κ3) is 4.39. The minimum Gasteiger partial charge on any atom is -0.310 e. The number of fused-ring (bicyclic) bond motifs is 6. The molecule has 0 saturated carbocycles. The Hall–Kier alpha value is -5.92. The van der Waals surface area contributed by atoms with Gasteiger partial charge in [0.15, 0.2) is 0 Å². The van der Waals surface area contributed by atoms with Crippen LogP contribution in [0.5, 0.6) is 0 Å². The van der Waals surface area contributed by atoms with Crippen molar-refractivity contribution >= 4 is 38.6 Å². The average Bonchev–Trinajstić information content (AvgIpc) is 3.44. The Bertz CT molecular complexity index is 2720. The summed E-state index contributed by atoms with van der Waals surface area (Å²) in [5.74, 6) is 0. The van der Waals surface area contributed by atoms with Gasteiger partial charge in [0.05, 0.1) is 12.5 Å². The van der Waals surface area contributed by atoms with Gasteiger partial charge in [0, 0.05) is 16.8 Å². The Morgan fingerprint density at radius 3 is 1.88 bits per heavy atom. The van der Waals surface area contributed by atoms with Gasteiger partial charge in [-0.15, -0.1) is 0 Å². The first-order valence-corrected chi connectivity index (χ1v) is 16.4. The zero-order chi connectivity index (χ0) is 36.6. The Labute approximate surface area is 289 Å². The van der Waals surface area contributed by atoms with Crippen LogP contribution in [0.15, 0.2) is 176 Å².